The van der Waals surface area contributed by atoms with E-state index in [-0.39, 0.29) is 23.0 Å². The molecule has 0 saturated carbocycles. The van der Waals surface area contributed by atoms with Crippen LogP contribution < -0.4 is 10.1 Å². The van der Waals surface area contributed by atoms with Crippen LogP contribution in [0.2, 0.25) is 10.0 Å². The van der Waals surface area contributed by atoms with E-state index >= 15 is 0 Å². The molecule has 0 aliphatic rings. The lowest BCUT2D eigenvalue weighted by atomic mass is 10.1. The van der Waals surface area contributed by atoms with Crippen LogP contribution in [0.5, 0.6) is 5.75 Å². The maximum atomic E-state index is 13.4. The van der Waals surface area contributed by atoms with Crippen LogP contribution in [-0.4, -0.2) is 38.8 Å². The summed E-state index contributed by atoms with van der Waals surface area (Å²) in [5.41, 5.74) is 2.30. The third-order valence-corrected chi connectivity index (χ3v) is 7.41. The molecule has 0 fully saturated rings. The summed E-state index contributed by atoms with van der Waals surface area (Å²) in [7, 11) is -2.56. The largest absolute Gasteiger partial charge is 0.495 e. The Kier molecular flexibility index (Phi) is 8.37. The summed E-state index contributed by atoms with van der Waals surface area (Å²) < 4.78 is 33.1. The molecule has 3 rings (SSSR count). The first-order valence-corrected chi connectivity index (χ1v) is 12.3. The predicted octanol–water partition coefficient (Wildman–Crippen LogP) is 5.18. The van der Waals surface area contributed by atoms with Crippen LogP contribution in [0.3, 0.4) is 0 Å². The maximum Gasteiger partial charge on any atom is 0.243 e. The van der Waals surface area contributed by atoms with E-state index < -0.39 is 15.9 Å². The molecule has 174 valence electrons. The van der Waals surface area contributed by atoms with Gasteiger partial charge < -0.3 is 10.1 Å². The number of rotatable bonds is 9. The van der Waals surface area contributed by atoms with Gasteiger partial charge in [0, 0.05) is 17.3 Å². The zero-order valence-corrected chi connectivity index (χ0v) is 20.5. The third-order valence-electron chi connectivity index (χ3n) is 5.04. The number of aryl methyl sites for hydroxylation is 1. The molecule has 0 aliphatic carbocycles. The van der Waals surface area contributed by atoms with Crippen molar-refractivity contribution in [1.82, 2.24) is 4.31 Å². The van der Waals surface area contributed by atoms with Crippen LogP contribution in [0.25, 0.3) is 0 Å². The lowest BCUT2D eigenvalue weighted by molar-refractivity contribution is -0.116. The van der Waals surface area contributed by atoms with Gasteiger partial charge in [-0.2, -0.15) is 4.31 Å². The lowest BCUT2D eigenvalue weighted by Crippen LogP contribution is -2.39. The molecule has 1 N–H and O–H groups in total. The van der Waals surface area contributed by atoms with Gasteiger partial charge in [-0.3, -0.25) is 4.79 Å². The molecule has 0 atom stereocenters. The number of sulfonamides is 1. The number of hydrogen-bond donors (Lipinski definition) is 1. The molecule has 0 saturated heterocycles. The van der Waals surface area contributed by atoms with Crippen LogP contribution >= 0.6 is 23.2 Å². The maximum absolute atomic E-state index is 13.4. The number of benzene rings is 3. The van der Waals surface area contributed by atoms with Crippen molar-refractivity contribution in [2.24, 2.45) is 0 Å². The Morgan fingerprint density at radius 3 is 2.39 bits per heavy atom. The second-order valence-corrected chi connectivity index (χ2v) is 10.2. The summed E-state index contributed by atoms with van der Waals surface area (Å²) in [6.45, 7) is 1.56. The Labute approximate surface area is 204 Å². The van der Waals surface area contributed by atoms with Crippen molar-refractivity contribution in [2.45, 2.75) is 18.2 Å². The summed E-state index contributed by atoms with van der Waals surface area (Å²) in [5.74, 6) is -0.0981. The zero-order valence-electron chi connectivity index (χ0n) is 18.2. The smallest absolute Gasteiger partial charge is 0.243 e. The molecule has 1 amide bonds. The molecule has 0 unspecified atom stereocenters. The predicted molar refractivity (Wildman–Crippen MR) is 132 cm³/mol. The highest BCUT2D eigenvalue weighted by molar-refractivity contribution is 7.89. The topological polar surface area (TPSA) is 75.7 Å². The Morgan fingerprint density at radius 2 is 1.76 bits per heavy atom. The van der Waals surface area contributed by atoms with Gasteiger partial charge in [-0.1, -0.05) is 53.5 Å². The first-order chi connectivity index (χ1) is 15.7. The van der Waals surface area contributed by atoms with Gasteiger partial charge in [0.25, 0.3) is 0 Å². The number of nitrogens with zero attached hydrogens (tertiary/aromatic N) is 1. The first-order valence-electron chi connectivity index (χ1n) is 10.1. The highest BCUT2D eigenvalue weighted by Crippen LogP contribution is 2.28. The van der Waals surface area contributed by atoms with E-state index in [4.69, 9.17) is 27.9 Å². The summed E-state index contributed by atoms with van der Waals surface area (Å²) in [6, 6.07) is 18.8. The average molecular weight is 507 g/mol. The minimum Gasteiger partial charge on any atom is -0.495 e. The van der Waals surface area contributed by atoms with Crippen LogP contribution in [0.4, 0.5) is 5.69 Å². The average Bonchev–Trinajstić information content (AvgIpc) is 2.79. The Bertz CT molecular complexity index is 1230. The third kappa shape index (κ3) is 6.48. The fourth-order valence-electron chi connectivity index (χ4n) is 3.26. The van der Waals surface area contributed by atoms with Gasteiger partial charge in [-0.15, -0.1) is 0 Å². The number of methoxy groups -OCH3 is 1. The number of halogens is 2. The van der Waals surface area contributed by atoms with E-state index in [0.717, 1.165) is 15.4 Å². The van der Waals surface area contributed by atoms with Crippen molar-refractivity contribution in [3.8, 4) is 5.75 Å². The van der Waals surface area contributed by atoms with Gasteiger partial charge in [-0.25, -0.2) is 8.42 Å². The van der Waals surface area contributed by atoms with Gasteiger partial charge in [0.15, 0.2) is 0 Å². The molecular formula is C24H24Cl2N2O4S. The summed E-state index contributed by atoms with van der Waals surface area (Å²) >= 11 is 12.1. The Hall–Kier alpha value is -2.58. The number of nitrogens with one attached hydrogen (secondary N) is 1. The van der Waals surface area contributed by atoms with Crippen molar-refractivity contribution in [3.63, 3.8) is 0 Å². The van der Waals surface area contributed by atoms with Gasteiger partial charge in [0.1, 0.15) is 5.75 Å². The van der Waals surface area contributed by atoms with E-state index in [1.165, 1.54) is 25.3 Å². The first kappa shape index (κ1) is 25.1. The number of amides is 1. The van der Waals surface area contributed by atoms with Crippen molar-refractivity contribution in [1.29, 1.82) is 0 Å². The molecule has 33 heavy (non-hydrogen) atoms. The van der Waals surface area contributed by atoms with Crippen LogP contribution in [0.15, 0.2) is 71.6 Å². The number of carbonyl (C=O) groups is 1. The molecule has 0 spiro atoms. The number of hydrogen-bond acceptors (Lipinski definition) is 4. The highest BCUT2D eigenvalue weighted by Gasteiger charge is 2.27. The fraction of sp³-hybridized carbons (Fsp3) is 0.208. The molecule has 0 aliphatic heterocycles. The van der Waals surface area contributed by atoms with Crippen molar-refractivity contribution < 1.29 is 17.9 Å². The zero-order chi connectivity index (χ0) is 24.0. The Balaban J connectivity index is 1.86. The second kappa shape index (κ2) is 11.0. The van der Waals surface area contributed by atoms with E-state index in [2.05, 4.69) is 5.32 Å². The van der Waals surface area contributed by atoms with E-state index in [9.17, 15) is 13.2 Å². The lowest BCUT2D eigenvalue weighted by Gasteiger charge is -2.22. The van der Waals surface area contributed by atoms with E-state index in [1.807, 2.05) is 37.3 Å². The normalized spacial score (nSPS) is 11.4. The fourth-order valence-corrected chi connectivity index (χ4v) is 5.23. The van der Waals surface area contributed by atoms with Crippen molar-refractivity contribution in [2.75, 3.05) is 25.5 Å². The summed E-state index contributed by atoms with van der Waals surface area (Å²) in [4.78, 5) is 12.8. The number of carbonyl (C=O) groups excluding carboxylic acids is 1. The molecule has 3 aromatic rings. The van der Waals surface area contributed by atoms with Gasteiger partial charge >= 0.3 is 0 Å². The summed E-state index contributed by atoms with van der Waals surface area (Å²) in [5, 5.41) is 3.49. The number of anilines is 1. The summed E-state index contributed by atoms with van der Waals surface area (Å²) in [6.07, 6.45) is 0.442. The van der Waals surface area contributed by atoms with Gasteiger partial charge in [0.05, 0.1) is 23.6 Å². The molecular weight excluding hydrogens is 483 g/mol. The molecule has 0 heterocycles. The molecule has 0 radical (unpaired) electrons. The van der Waals surface area contributed by atoms with Gasteiger partial charge in [0.2, 0.25) is 15.9 Å². The van der Waals surface area contributed by atoms with E-state index in [0.29, 0.717) is 22.9 Å². The van der Waals surface area contributed by atoms with Crippen molar-refractivity contribution >= 4 is 44.8 Å². The minimum absolute atomic E-state index is 0.0168. The molecule has 9 heteroatoms. The standard InChI is InChI=1S/C24H24Cl2N2O4S/c1-17-14-19(25)8-10-22(17)27-24(29)16-28(13-12-18-6-4-3-5-7-18)33(30,31)20-9-11-23(32-2)21(26)15-20/h3-11,14-15H,12-13,16H2,1-2H3,(H,27,29). The van der Waals surface area contributed by atoms with Crippen LogP contribution in [0.1, 0.15) is 11.1 Å². The second-order valence-electron chi connectivity index (χ2n) is 7.38. The van der Waals surface area contributed by atoms with E-state index in [1.54, 1.807) is 18.2 Å². The molecule has 0 bridgehead atoms. The monoisotopic (exact) mass is 506 g/mol. The Morgan fingerprint density at radius 1 is 1.03 bits per heavy atom. The van der Waals surface area contributed by atoms with Crippen LogP contribution in [0, 0.1) is 6.92 Å². The SMILES string of the molecule is COc1ccc(S(=O)(=O)N(CCc2ccccc2)CC(=O)Nc2ccc(Cl)cc2C)cc1Cl. The van der Waals surface area contributed by atoms with Gasteiger partial charge in [-0.05, 0) is 60.9 Å². The molecule has 6 nitrogen and oxygen atoms in total. The molecule has 3 aromatic carbocycles. The molecule has 0 aromatic heterocycles. The van der Waals surface area contributed by atoms with Crippen LogP contribution in [-0.2, 0) is 21.2 Å². The number of ether oxygens (including phenoxy) is 1. The highest BCUT2D eigenvalue weighted by atomic mass is 35.5. The van der Waals surface area contributed by atoms with Crippen molar-refractivity contribution in [3.05, 3.63) is 87.9 Å². The quantitative estimate of drug-likeness (QED) is 0.433. The minimum atomic E-state index is -4.01.